The summed E-state index contributed by atoms with van der Waals surface area (Å²) in [6.07, 6.45) is 2.14. The molecule has 0 spiro atoms. The van der Waals surface area contributed by atoms with Gasteiger partial charge >= 0.3 is 0 Å². The van der Waals surface area contributed by atoms with E-state index in [1.165, 1.54) is 5.56 Å². The standard InChI is InChI=1S/C16H24N2O/c1-4-18(15-9-5-7-13(2)11-15)16(19)14-8-6-10-17(3)12-14/h5,7,9,11,14H,4,6,8,10,12H2,1-3H3. The molecule has 1 aliphatic rings. The van der Waals surface area contributed by atoms with E-state index in [-0.39, 0.29) is 11.8 Å². The first-order chi connectivity index (χ1) is 9.11. The first kappa shape index (κ1) is 14.1. The second kappa shape index (κ2) is 6.20. The fourth-order valence-electron chi connectivity index (χ4n) is 2.85. The molecule has 0 saturated carbocycles. The molecule has 1 heterocycles. The number of hydrogen-bond donors (Lipinski definition) is 0. The quantitative estimate of drug-likeness (QED) is 0.834. The van der Waals surface area contributed by atoms with Gasteiger partial charge in [0.2, 0.25) is 5.91 Å². The molecular formula is C16H24N2O. The van der Waals surface area contributed by atoms with Crippen molar-refractivity contribution >= 4 is 11.6 Å². The van der Waals surface area contributed by atoms with Gasteiger partial charge in [-0.15, -0.1) is 0 Å². The van der Waals surface area contributed by atoms with Gasteiger partial charge in [-0.3, -0.25) is 4.79 Å². The Morgan fingerprint density at radius 1 is 1.47 bits per heavy atom. The normalized spacial score (nSPS) is 20.3. The van der Waals surface area contributed by atoms with E-state index in [0.29, 0.717) is 0 Å². The average molecular weight is 260 g/mol. The maximum absolute atomic E-state index is 12.7. The SMILES string of the molecule is CCN(C(=O)C1CCCN(C)C1)c1cccc(C)c1. The third-order valence-corrected chi connectivity index (χ3v) is 3.87. The molecule has 3 nitrogen and oxygen atoms in total. The van der Waals surface area contributed by atoms with E-state index < -0.39 is 0 Å². The van der Waals surface area contributed by atoms with Crippen LogP contribution in [0.3, 0.4) is 0 Å². The van der Waals surface area contributed by atoms with E-state index in [2.05, 4.69) is 31.0 Å². The van der Waals surface area contributed by atoms with Crippen molar-refractivity contribution in [1.82, 2.24) is 4.90 Å². The zero-order chi connectivity index (χ0) is 13.8. The van der Waals surface area contributed by atoms with E-state index in [4.69, 9.17) is 0 Å². The molecule has 0 aliphatic carbocycles. The highest BCUT2D eigenvalue weighted by Crippen LogP contribution is 2.22. The van der Waals surface area contributed by atoms with Gasteiger partial charge < -0.3 is 9.80 Å². The lowest BCUT2D eigenvalue weighted by atomic mass is 9.96. The number of likely N-dealkylation sites (tertiary alicyclic amines) is 1. The lowest BCUT2D eigenvalue weighted by Gasteiger charge is -2.32. The van der Waals surface area contributed by atoms with Gasteiger partial charge in [0, 0.05) is 18.8 Å². The zero-order valence-corrected chi connectivity index (χ0v) is 12.2. The van der Waals surface area contributed by atoms with Gasteiger partial charge in [-0.25, -0.2) is 0 Å². The molecule has 2 rings (SSSR count). The zero-order valence-electron chi connectivity index (χ0n) is 12.2. The predicted molar refractivity (Wildman–Crippen MR) is 79.4 cm³/mol. The summed E-state index contributed by atoms with van der Waals surface area (Å²) < 4.78 is 0. The second-order valence-corrected chi connectivity index (χ2v) is 5.52. The first-order valence-electron chi connectivity index (χ1n) is 7.18. The van der Waals surface area contributed by atoms with Crippen LogP contribution in [0.15, 0.2) is 24.3 Å². The van der Waals surface area contributed by atoms with Crippen LogP contribution in [0.4, 0.5) is 5.69 Å². The lowest BCUT2D eigenvalue weighted by Crippen LogP contribution is -2.43. The maximum Gasteiger partial charge on any atom is 0.231 e. The Balaban J connectivity index is 2.15. The number of nitrogens with zero attached hydrogens (tertiary/aromatic N) is 2. The molecule has 1 fully saturated rings. The van der Waals surface area contributed by atoms with Crippen molar-refractivity contribution < 1.29 is 4.79 Å². The molecule has 1 saturated heterocycles. The Bertz CT molecular complexity index is 444. The molecule has 1 aromatic rings. The van der Waals surface area contributed by atoms with Crippen LogP contribution in [0.1, 0.15) is 25.3 Å². The van der Waals surface area contributed by atoms with Crippen LogP contribution in [0.25, 0.3) is 0 Å². The highest BCUT2D eigenvalue weighted by Gasteiger charge is 2.28. The summed E-state index contributed by atoms with van der Waals surface area (Å²) in [4.78, 5) is 16.9. The Kier molecular flexibility index (Phi) is 4.59. The summed E-state index contributed by atoms with van der Waals surface area (Å²) in [6.45, 7) is 6.85. The van der Waals surface area contributed by atoms with Gasteiger partial charge in [0.15, 0.2) is 0 Å². The van der Waals surface area contributed by atoms with Crippen LogP contribution in [0.5, 0.6) is 0 Å². The molecule has 3 heteroatoms. The van der Waals surface area contributed by atoms with Crippen molar-refractivity contribution in [3.63, 3.8) is 0 Å². The van der Waals surface area contributed by atoms with Gasteiger partial charge in [-0.05, 0) is 58.0 Å². The molecule has 0 N–H and O–H groups in total. The van der Waals surface area contributed by atoms with Crippen molar-refractivity contribution in [2.75, 3.05) is 31.6 Å². The molecule has 104 valence electrons. The molecule has 1 amide bonds. The van der Waals surface area contributed by atoms with Gasteiger partial charge in [0.05, 0.1) is 5.92 Å². The molecule has 1 unspecified atom stereocenters. The monoisotopic (exact) mass is 260 g/mol. The summed E-state index contributed by atoms with van der Waals surface area (Å²) in [5.74, 6) is 0.430. The highest BCUT2D eigenvalue weighted by atomic mass is 16.2. The van der Waals surface area contributed by atoms with E-state index in [0.717, 1.165) is 38.2 Å². The number of rotatable bonds is 3. The predicted octanol–water partition coefficient (Wildman–Crippen LogP) is 2.69. The number of aryl methyl sites for hydroxylation is 1. The van der Waals surface area contributed by atoms with Crippen LogP contribution >= 0.6 is 0 Å². The molecule has 19 heavy (non-hydrogen) atoms. The number of hydrogen-bond acceptors (Lipinski definition) is 2. The number of carbonyl (C=O) groups excluding carboxylic acids is 1. The third-order valence-electron chi connectivity index (χ3n) is 3.87. The van der Waals surface area contributed by atoms with Crippen LogP contribution in [0, 0.1) is 12.8 Å². The van der Waals surface area contributed by atoms with Gasteiger partial charge in [-0.2, -0.15) is 0 Å². The van der Waals surface area contributed by atoms with E-state index in [1.807, 2.05) is 24.0 Å². The molecule has 0 radical (unpaired) electrons. The summed E-state index contributed by atoms with van der Waals surface area (Å²) in [5, 5.41) is 0. The molecular weight excluding hydrogens is 236 g/mol. The van der Waals surface area contributed by atoms with Crippen molar-refractivity contribution in [2.45, 2.75) is 26.7 Å². The van der Waals surface area contributed by atoms with Crippen molar-refractivity contribution in [3.8, 4) is 0 Å². The summed E-state index contributed by atoms with van der Waals surface area (Å²) in [7, 11) is 2.10. The third kappa shape index (κ3) is 3.35. The van der Waals surface area contributed by atoms with Gasteiger partial charge in [0.25, 0.3) is 0 Å². The Morgan fingerprint density at radius 2 is 2.26 bits per heavy atom. The van der Waals surface area contributed by atoms with Crippen LogP contribution in [-0.4, -0.2) is 37.5 Å². The molecule has 1 aliphatic heterocycles. The van der Waals surface area contributed by atoms with E-state index in [9.17, 15) is 4.79 Å². The minimum Gasteiger partial charge on any atom is -0.312 e. The van der Waals surface area contributed by atoms with Crippen LogP contribution in [0.2, 0.25) is 0 Å². The largest absolute Gasteiger partial charge is 0.312 e. The maximum atomic E-state index is 12.7. The van der Waals surface area contributed by atoms with Crippen molar-refractivity contribution in [2.24, 2.45) is 5.92 Å². The molecule has 1 aromatic carbocycles. The fraction of sp³-hybridized carbons (Fsp3) is 0.562. The smallest absolute Gasteiger partial charge is 0.231 e. The van der Waals surface area contributed by atoms with Crippen molar-refractivity contribution in [1.29, 1.82) is 0 Å². The average Bonchev–Trinajstić information content (AvgIpc) is 2.39. The topological polar surface area (TPSA) is 23.6 Å². The number of piperidine rings is 1. The van der Waals surface area contributed by atoms with Gasteiger partial charge in [-0.1, -0.05) is 12.1 Å². The van der Waals surface area contributed by atoms with Crippen molar-refractivity contribution in [3.05, 3.63) is 29.8 Å². The second-order valence-electron chi connectivity index (χ2n) is 5.52. The Hall–Kier alpha value is -1.35. The minimum absolute atomic E-state index is 0.152. The van der Waals surface area contributed by atoms with Gasteiger partial charge in [0.1, 0.15) is 0 Å². The van der Waals surface area contributed by atoms with Crippen LogP contribution < -0.4 is 4.90 Å². The first-order valence-corrected chi connectivity index (χ1v) is 7.18. The number of amides is 1. The summed E-state index contributed by atoms with van der Waals surface area (Å²) in [5.41, 5.74) is 2.23. The Morgan fingerprint density at radius 3 is 2.89 bits per heavy atom. The minimum atomic E-state index is 0.152. The summed E-state index contributed by atoms with van der Waals surface area (Å²) in [6, 6.07) is 8.21. The lowest BCUT2D eigenvalue weighted by molar-refractivity contribution is -0.123. The number of anilines is 1. The molecule has 0 aromatic heterocycles. The highest BCUT2D eigenvalue weighted by molar-refractivity contribution is 5.95. The molecule has 0 bridgehead atoms. The van der Waals surface area contributed by atoms with Crippen LogP contribution in [-0.2, 0) is 4.79 Å². The molecule has 1 atom stereocenters. The fourth-order valence-corrected chi connectivity index (χ4v) is 2.85. The number of benzene rings is 1. The summed E-state index contributed by atoms with van der Waals surface area (Å²) >= 11 is 0. The number of carbonyl (C=O) groups is 1. The Labute approximate surface area is 116 Å². The van der Waals surface area contributed by atoms with E-state index >= 15 is 0 Å². The van der Waals surface area contributed by atoms with E-state index in [1.54, 1.807) is 0 Å².